The molecule has 0 fully saturated rings. The summed E-state index contributed by atoms with van der Waals surface area (Å²) in [6.45, 7) is 3.99. The molecule has 3 nitrogen and oxygen atoms in total. The van der Waals surface area contributed by atoms with Crippen LogP contribution >= 0.6 is 0 Å². The highest BCUT2D eigenvalue weighted by molar-refractivity contribution is 5.20. The Labute approximate surface area is 96.5 Å². The van der Waals surface area contributed by atoms with E-state index in [9.17, 15) is 0 Å². The van der Waals surface area contributed by atoms with E-state index in [0.717, 1.165) is 38.2 Å². The SMILES string of the molecule is CCCNC(C1=COCCC1)c1ccco1. The first kappa shape index (κ1) is 11.3. The number of ether oxygens (including phenoxy) is 1. The Morgan fingerprint density at radius 3 is 3.06 bits per heavy atom. The summed E-state index contributed by atoms with van der Waals surface area (Å²) < 4.78 is 10.9. The van der Waals surface area contributed by atoms with Crippen LogP contribution in [0.2, 0.25) is 0 Å². The first-order chi connectivity index (χ1) is 7.92. The molecule has 0 amide bonds. The van der Waals surface area contributed by atoms with Crippen LogP contribution in [0, 0.1) is 0 Å². The van der Waals surface area contributed by atoms with Gasteiger partial charge in [0, 0.05) is 0 Å². The molecule has 88 valence electrons. The fourth-order valence-corrected chi connectivity index (χ4v) is 1.96. The highest BCUT2D eigenvalue weighted by Gasteiger charge is 2.20. The third-order valence-electron chi connectivity index (χ3n) is 2.76. The van der Waals surface area contributed by atoms with Gasteiger partial charge in [-0.25, -0.2) is 0 Å². The second-order valence-corrected chi connectivity index (χ2v) is 4.07. The van der Waals surface area contributed by atoms with E-state index in [1.807, 2.05) is 18.4 Å². The topological polar surface area (TPSA) is 34.4 Å². The van der Waals surface area contributed by atoms with E-state index in [1.54, 1.807) is 6.26 Å². The average Bonchev–Trinajstić information content (AvgIpc) is 2.85. The minimum Gasteiger partial charge on any atom is -0.501 e. The molecular formula is C13H19NO2. The quantitative estimate of drug-likeness (QED) is 0.830. The number of rotatable bonds is 5. The van der Waals surface area contributed by atoms with Gasteiger partial charge < -0.3 is 14.5 Å². The van der Waals surface area contributed by atoms with E-state index in [0.29, 0.717) is 0 Å². The zero-order valence-corrected chi connectivity index (χ0v) is 9.74. The van der Waals surface area contributed by atoms with E-state index in [2.05, 4.69) is 12.2 Å². The van der Waals surface area contributed by atoms with Crippen molar-refractivity contribution in [1.29, 1.82) is 0 Å². The van der Waals surface area contributed by atoms with E-state index >= 15 is 0 Å². The lowest BCUT2D eigenvalue weighted by molar-refractivity contribution is 0.217. The maximum absolute atomic E-state index is 5.49. The van der Waals surface area contributed by atoms with Crippen LogP contribution in [0.1, 0.15) is 38.0 Å². The van der Waals surface area contributed by atoms with Crippen molar-refractivity contribution in [3.63, 3.8) is 0 Å². The Morgan fingerprint density at radius 1 is 1.50 bits per heavy atom. The summed E-state index contributed by atoms with van der Waals surface area (Å²) in [5.74, 6) is 0.977. The molecular weight excluding hydrogens is 202 g/mol. The van der Waals surface area contributed by atoms with Crippen LogP contribution in [0.3, 0.4) is 0 Å². The van der Waals surface area contributed by atoms with Crippen molar-refractivity contribution in [1.82, 2.24) is 5.32 Å². The lowest BCUT2D eigenvalue weighted by Crippen LogP contribution is -2.24. The van der Waals surface area contributed by atoms with Gasteiger partial charge in [-0.3, -0.25) is 0 Å². The molecule has 2 rings (SSSR count). The summed E-state index contributed by atoms with van der Waals surface area (Å²) in [4.78, 5) is 0. The maximum Gasteiger partial charge on any atom is 0.125 e. The molecule has 1 aromatic rings. The molecule has 1 aliphatic rings. The Balaban J connectivity index is 2.10. The average molecular weight is 221 g/mol. The minimum atomic E-state index is 0.176. The number of furan rings is 1. The van der Waals surface area contributed by atoms with Crippen LogP contribution < -0.4 is 5.32 Å². The second-order valence-electron chi connectivity index (χ2n) is 4.07. The lowest BCUT2D eigenvalue weighted by Gasteiger charge is -2.22. The molecule has 1 aromatic heterocycles. The van der Waals surface area contributed by atoms with Crippen LogP contribution in [0.4, 0.5) is 0 Å². The van der Waals surface area contributed by atoms with Gasteiger partial charge in [0.2, 0.25) is 0 Å². The van der Waals surface area contributed by atoms with E-state index < -0.39 is 0 Å². The monoisotopic (exact) mass is 221 g/mol. The molecule has 0 aliphatic carbocycles. The van der Waals surface area contributed by atoms with Crippen molar-refractivity contribution in [3.8, 4) is 0 Å². The standard InChI is InChI=1S/C13H19NO2/c1-2-7-14-13(12-6-4-9-16-12)11-5-3-8-15-10-11/h4,6,9-10,13-14H,2-3,5,7-8H2,1H3. The predicted octanol–water partition coefficient (Wildman–Crippen LogP) is 3.01. The van der Waals surface area contributed by atoms with Gasteiger partial charge in [-0.05, 0) is 43.5 Å². The highest BCUT2D eigenvalue weighted by atomic mass is 16.5. The summed E-state index contributed by atoms with van der Waals surface area (Å²) in [5, 5.41) is 3.50. The van der Waals surface area contributed by atoms with E-state index in [-0.39, 0.29) is 6.04 Å². The van der Waals surface area contributed by atoms with Gasteiger partial charge in [-0.15, -0.1) is 0 Å². The number of nitrogens with one attached hydrogen (secondary N) is 1. The van der Waals surface area contributed by atoms with E-state index in [4.69, 9.17) is 9.15 Å². The smallest absolute Gasteiger partial charge is 0.125 e. The molecule has 0 saturated carbocycles. The predicted molar refractivity (Wildman–Crippen MR) is 63.0 cm³/mol. The second kappa shape index (κ2) is 5.75. The largest absolute Gasteiger partial charge is 0.501 e. The van der Waals surface area contributed by atoms with Crippen molar-refractivity contribution in [2.24, 2.45) is 0 Å². The Morgan fingerprint density at radius 2 is 2.44 bits per heavy atom. The minimum absolute atomic E-state index is 0.176. The molecule has 0 bridgehead atoms. The Bertz CT molecular complexity index is 330. The van der Waals surface area contributed by atoms with Crippen LogP contribution in [-0.4, -0.2) is 13.2 Å². The normalized spacial score (nSPS) is 17.7. The van der Waals surface area contributed by atoms with Crippen molar-refractivity contribution >= 4 is 0 Å². The molecule has 0 aromatic carbocycles. The van der Waals surface area contributed by atoms with Crippen molar-refractivity contribution < 1.29 is 9.15 Å². The third kappa shape index (κ3) is 2.67. The van der Waals surface area contributed by atoms with Gasteiger partial charge in [0.25, 0.3) is 0 Å². The molecule has 3 heteroatoms. The molecule has 2 heterocycles. The number of hydrogen-bond donors (Lipinski definition) is 1. The summed E-state index contributed by atoms with van der Waals surface area (Å²) in [5.41, 5.74) is 1.29. The zero-order chi connectivity index (χ0) is 11.2. The fraction of sp³-hybridized carbons (Fsp3) is 0.538. The maximum atomic E-state index is 5.49. The Kier molecular flexibility index (Phi) is 4.05. The molecule has 0 spiro atoms. The summed E-state index contributed by atoms with van der Waals surface area (Å²) in [7, 11) is 0. The summed E-state index contributed by atoms with van der Waals surface area (Å²) in [6, 6.07) is 4.12. The first-order valence-corrected chi connectivity index (χ1v) is 5.99. The molecule has 1 atom stereocenters. The van der Waals surface area contributed by atoms with Crippen molar-refractivity contribution in [3.05, 3.63) is 36.0 Å². The zero-order valence-electron chi connectivity index (χ0n) is 9.74. The van der Waals surface area contributed by atoms with Crippen LogP contribution in [0.25, 0.3) is 0 Å². The van der Waals surface area contributed by atoms with Crippen molar-refractivity contribution in [2.75, 3.05) is 13.2 Å². The summed E-state index contributed by atoms with van der Waals surface area (Å²) in [6.07, 6.45) is 6.91. The van der Waals surface area contributed by atoms with Gasteiger partial charge >= 0.3 is 0 Å². The molecule has 16 heavy (non-hydrogen) atoms. The van der Waals surface area contributed by atoms with Gasteiger partial charge in [0.1, 0.15) is 5.76 Å². The number of hydrogen-bond acceptors (Lipinski definition) is 3. The van der Waals surface area contributed by atoms with Gasteiger partial charge in [-0.1, -0.05) is 6.92 Å². The first-order valence-electron chi connectivity index (χ1n) is 5.99. The van der Waals surface area contributed by atoms with Crippen LogP contribution in [0.5, 0.6) is 0 Å². The van der Waals surface area contributed by atoms with Gasteiger partial charge in [-0.2, -0.15) is 0 Å². The molecule has 0 radical (unpaired) electrons. The van der Waals surface area contributed by atoms with E-state index in [1.165, 1.54) is 5.57 Å². The third-order valence-corrected chi connectivity index (χ3v) is 2.76. The molecule has 1 aliphatic heterocycles. The highest BCUT2D eigenvalue weighted by Crippen LogP contribution is 2.27. The van der Waals surface area contributed by atoms with Gasteiger partial charge in [0.05, 0.1) is 25.2 Å². The molecule has 1 N–H and O–H groups in total. The van der Waals surface area contributed by atoms with Crippen LogP contribution in [0.15, 0.2) is 34.6 Å². The molecule has 0 saturated heterocycles. The molecule has 1 unspecified atom stereocenters. The lowest BCUT2D eigenvalue weighted by atomic mass is 10.00. The van der Waals surface area contributed by atoms with Gasteiger partial charge in [0.15, 0.2) is 0 Å². The fourth-order valence-electron chi connectivity index (χ4n) is 1.96. The van der Waals surface area contributed by atoms with Crippen molar-refractivity contribution in [2.45, 2.75) is 32.2 Å². The summed E-state index contributed by atoms with van der Waals surface area (Å²) >= 11 is 0. The Hall–Kier alpha value is -1.22. The van der Waals surface area contributed by atoms with Crippen LogP contribution in [-0.2, 0) is 4.74 Å².